The molecule has 1 aromatic carbocycles. The second-order valence-electron chi connectivity index (χ2n) is 5.11. The first-order chi connectivity index (χ1) is 10.3. The van der Waals surface area contributed by atoms with Crippen molar-refractivity contribution in [1.29, 1.82) is 0 Å². The van der Waals surface area contributed by atoms with Crippen molar-refractivity contribution in [2.45, 2.75) is 19.0 Å². The smallest absolute Gasteiger partial charge is 0.416 e. The number of halogens is 3. The van der Waals surface area contributed by atoms with E-state index in [9.17, 15) is 22.8 Å². The Morgan fingerprint density at radius 2 is 1.86 bits per heavy atom. The minimum atomic E-state index is -4.46. The zero-order valence-electron chi connectivity index (χ0n) is 11.6. The van der Waals surface area contributed by atoms with E-state index in [1.54, 1.807) is 0 Å². The molecule has 1 aliphatic heterocycles. The predicted molar refractivity (Wildman–Crippen MR) is 72.4 cm³/mol. The van der Waals surface area contributed by atoms with Crippen LogP contribution in [-0.4, -0.2) is 35.1 Å². The standard InChI is InChI=1S/C14H15F3N2O3/c15-14(16,17)10-2-1-3-11(8-10)18-12(20)9-4-6-19(7-5-9)13(21)22/h1-3,8-9H,4-7H2,(H,18,20)(H,21,22). The maximum atomic E-state index is 12.6. The van der Waals surface area contributed by atoms with Gasteiger partial charge >= 0.3 is 12.3 Å². The first-order valence-electron chi connectivity index (χ1n) is 6.73. The highest BCUT2D eigenvalue weighted by atomic mass is 19.4. The van der Waals surface area contributed by atoms with Gasteiger partial charge in [0.25, 0.3) is 0 Å². The summed E-state index contributed by atoms with van der Waals surface area (Å²) in [5.74, 6) is -0.783. The zero-order chi connectivity index (χ0) is 16.3. The molecule has 0 aromatic heterocycles. The summed E-state index contributed by atoms with van der Waals surface area (Å²) < 4.78 is 37.8. The van der Waals surface area contributed by atoms with E-state index in [1.807, 2.05) is 0 Å². The molecule has 0 spiro atoms. The van der Waals surface area contributed by atoms with E-state index >= 15 is 0 Å². The van der Waals surface area contributed by atoms with Gasteiger partial charge in [-0.3, -0.25) is 4.79 Å². The van der Waals surface area contributed by atoms with Gasteiger partial charge in [0.2, 0.25) is 5.91 Å². The normalized spacial score (nSPS) is 16.4. The summed E-state index contributed by atoms with van der Waals surface area (Å²) in [5.41, 5.74) is -0.744. The topological polar surface area (TPSA) is 69.6 Å². The van der Waals surface area contributed by atoms with Crippen molar-refractivity contribution in [3.63, 3.8) is 0 Å². The predicted octanol–water partition coefficient (Wildman–Crippen LogP) is 3.03. The minimum absolute atomic E-state index is 0.0838. The maximum Gasteiger partial charge on any atom is 0.416 e. The number of hydrogen-bond acceptors (Lipinski definition) is 2. The van der Waals surface area contributed by atoms with Crippen LogP contribution in [0.5, 0.6) is 0 Å². The van der Waals surface area contributed by atoms with Crippen LogP contribution >= 0.6 is 0 Å². The number of benzene rings is 1. The fourth-order valence-electron chi connectivity index (χ4n) is 2.35. The van der Waals surface area contributed by atoms with E-state index in [1.165, 1.54) is 17.0 Å². The second kappa shape index (κ2) is 6.25. The molecule has 2 rings (SSSR count). The third-order valence-corrected chi connectivity index (χ3v) is 3.59. The Bertz CT molecular complexity index is 567. The molecule has 2 amide bonds. The van der Waals surface area contributed by atoms with Gasteiger partial charge in [0, 0.05) is 24.7 Å². The van der Waals surface area contributed by atoms with Gasteiger partial charge < -0.3 is 15.3 Å². The molecule has 1 aromatic rings. The van der Waals surface area contributed by atoms with Gasteiger partial charge in [0.1, 0.15) is 0 Å². The number of carboxylic acid groups (broad SMARTS) is 1. The zero-order valence-corrected chi connectivity index (χ0v) is 11.6. The Kier molecular flexibility index (Phi) is 4.58. The van der Waals surface area contributed by atoms with Gasteiger partial charge in [0.05, 0.1) is 5.56 Å². The Morgan fingerprint density at radius 3 is 2.41 bits per heavy atom. The fourth-order valence-corrected chi connectivity index (χ4v) is 2.35. The fraction of sp³-hybridized carbons (Fsp3) is 0.429. The van der Waals surface area contributed by atoms with Crippen LogP contribution in [0.3, 0.4) is 0 Å². The van der Waals surface area contributed by atoms with Crippen LogP contribution < -0.4 is 5.32 Å². The molecule has 0 bridgehead atoms. The number of alkyl halides is 3. The second-order valence-corrected chi connectivity index (χ2v) is 5.11. The van der Waals surface area contributed by atoms with Crippen molar-refractivity contribution in [2.75, 3.05) is 18.4 Å². The number of piperidine rings is 1. The molecule has 5 nitrogen and oxygen atoms in total. The minimum Gasteiger partial charge on any atom is -0.465 e. The largest absolute Gasteiger partial charge is 0.465 e. The van der Waals surface area contributed by atoms with Gasteiger partial charge in [-0.15, -0.1) is 0 Å². The molecule has 0 atom stereocenters. The van der Waals surface area contributed by atoms with Crippen molar-refractivity contribution in [3.05, 3.63) is 29.8 Å². The number of hydrogen-bond donors (Lipinski definition) is 2. The number of carbonyl (C=O) groups is 2. The van der Waals surface area contributed by atoms with Crippen molar-refractivity contribution >= 4 is 17.7 Å². The van der Waals surface area contributed by atoms with E-state index in [0.29, 0.717) is 12.8 Å². The van der Waals surface area contributed by atoms with E-state index in [4.69, 9.17) is 5.11 Å². The highest BCUT2D eigenvalue weighted by molar-refractivity contribution is 5.92. The molecule has 120 valence electrons. The van der Waals surface area contributed by atoms with E-state index in [-0.39, 0.29) is 24.7 Å². The monoisotopic (exact) mass is 316 g/mol. The molecule has 22 heavy (non-hydrogen) atoms. The maximum absolute atomic E-state index is 12.6. The van der Waals surface area contributed by atoms with Crippen LogP contribution in [-0.2, 0) is 11.0 Å². The number of amides is 2. The number of carbonyl (C=O) groups excluding carboxylic acids is 1. The van der Waals surface area contributed by atoms with Gasteiger partial charge in [-0.05, 0) is 31.0 Å². The average Bonchev–Trinajstić information content (AvgIpc) is 2.46. The molecule has 1 aliphatic rings. The average molecular weight is 316 g/mol. The number of nitrogens with zero attached hydrogens (tertiary/aromatic N) is 1. The van der Waals surface area contributed by atoms with Gasteiger partial charge in [-0.1, -0.05) is 6.07 Å². The molecule has 8 heteroatoms. The Morgan fingerprint density at radius 1 is 1.23 bits per heavy atom. The highest BCUT2D eigenvalue weighted by Crippen LogP contribution is 2.31. The first kappa shape index (κ1) is 16.1. The third-order valence-electron chi connectivity index (χ3n) is 3.59. The van der Waals surface area contributed by atoms with Crippen molar-refractivity contribution < 1.29 is 27.9 Å². The van der Waals surface area contributed by atoms with Gasteiger partial charge in [0.15, 0.2) is 0 Å². The van der Waals surface area contributed by atoms with Crippen LogP contribution in [0.1, 0.15) is 18.4 Å². The molecule has 1 fully saturated rings. The van der Waals surface area contributed by atoms with E-state index < -0.39 is 23.8 Å². The number of nitrogens with one attached hydrogen (secondary N) is 1. The summed E-state index contributed by atoms with van der Waals surface area (Å²) in [6.45, 7) is 0.492. The van der Waals surface area contributed by atoms with Crippen molar-refractivity contribution in [3.8, 4) is 0 Å². The van der Waals surface area contributed by atoms with Gasteiger partial charge in [-0.25, -0.2) is 4.79 Å². The SMILES string of the molecule is O=C(Nc1cccc(C(F)(F)F)c1)C1CCN(C(=O)O)CC1. The summed E-state index contributed by atoms with van der Waals surface area (Å²) in [5, 5.41) is 11.3. The van der Waals surface area contributed by atoms with Crippen LogP contribution in [0.4, 0.5) is 23.7 Å². The molecular formula is C14H15F3N2O3. The van der Waals surface area contributed by atoms with Crippen LogP contribution in [0.15, 0.2) is 24.3 Å². The lowest BCUT2D eigenvalue weighted by atomic mass is 9.96. The summed E-state index contributed by atoms with van der Waals surface area (Å²) in [7, 11) is 0. The number of anilines is 1. The van der Waals surface area contributed by atoms with E-state index in [0.717, 1.165) is 12.1 Å². The molecule has 0 aliphatic carbocycles. The van der Waals surface area contributed by atoms with E-state index in [2.05, 4.69) is 5.32 Å². The summed E-state index contributed by atoms with van der Waals surface area (Å²) >= 11 is 0. The van der Waals surface area contributed by atoms with Crippen molar-refractivity contribution in [2.24, 2.45) is 5.92 Å². The lowest BCUT2D eigenvalue weighted by Gasteiger charge is -2.29. The lowest BCUT2D eigenvalue weighted by Crippen LogP contribution is -2.40. The molecule has 0 radical (unpaired) electrons. The van der Waals surface area contributed by atoms with Crippen LogP contribution in [0, 0.1) is 5.92 Å². The summed E-state index contributed by atoms with van der Waals surface area (Å²) in [6, 6.07) is 4.43. The molecule has 1 heterocycles. The summed E-state index contributed by atoms with van der Waals surface area (Å²) in [6.07, 6.45) is -4.78. The molecule has 1 saturated heterocycles. The first-order valence-corrected chi connectivity index (χ1v) is 6.73. The quantitative estimate of drug-likeness (QED) is 0.881. The number of likely N-dealkylation sites (tertiary alicyclic amines) is 1. The van der Waals surface area contributed by atoms with Gasteiger partial charge in [-0.2, -0.15) is 13.2 Å². The van der Waals surface area contributed by atoms with Crippen molar-refractivity contribution in [1.82, 2.24) is 4.90 Å². The summed E-state index contributed by atoms with van der Waals surface area (Å²) in [4.78, 5) is 24.0. The molecule has 0 saturated carbocycles. The Hall–Kier alpha value is -2.25. The molecular weight excluding hydrogens is 301 g/mol. The number of rotatable bonds is 2. The highest BCUT2D eigenvalue weighted by Gasteiger charge is 2.31. The van der Waals surface area contributed by atoms with Crippen LogP contribution in [0.25, 0.3) is 0 Å². The lowest BCUT2D eigenvalue weighted by molar-refractivity contribution is -0.137. The van der Waals surface area contributed by atoms with Crippen LogP contribution in [0.2, 0.25) is 0 Å². The Balaban J connectivity index is 1.97. The Labute approximate surface area is 124 Å². The molecule has 2 N–H and O–H groups in total. The third kappa shape index (κ3) is 3.90. The molecule has 0 unspecified atom stereocenters.